The number of nitrogens with one attached hydrogen (secondary N) is 1. The molecule has 0 aliphatic carbocycles. The number of nitrogens with two attached hydrogens (primary N) is 1. The van der Waals surface area contributed by atoms with Crippen molar-refractivity contribution in [3.63, 3.8) is 0 Å². The maximum absolute atomic E-state index is 5.90. The van der Waals surface area contributed by atoms with E-state index in [2.05, 4.69) is 29.2 Å². The van der Waals surface area contributed by atoms with E-state index in [4.69, 9.17) is 15.3 Å². The molecule has 2 rings (SSSR count). The van der Waals surface area contributed by atoms with Crippen molar-refractivity contribution in [1.29, 1.82) is 0 Å². The number of rotatable bonds is 6. The van der Waals surface area contributed by atoms with Gasteiger partial charge in [0.25, 0.3) is 0 Å². The van der Waals surface area contributed by atoms with E-state index in [0.717, 1.165) is 11.3 Å². The van der Waals surface area contributed by atoms with Gasteiger partial charge in [-0.15, -0.1) is 0 Å². The Morgan fingerprint density at radius 1 is 1.24 bits per heavy atom. The topological polar surface area (TPSA) is 82.3 Å². The van der Waals surface area contributed by atoms with Crippen molar-refractivity contribution in [2.75, 3.05) is 12.5 Å². The molecule has 0 unspecified atom stereocenters. The molecule has 3 N–H and O–H groups in total. The molecule has 0 saturated carbocycles. The van der Waals surface area contributed by atoms with Crippen LogP contribution < -0.4 is 16.0 Å². The van der Waals surface area contributed by atoms with Crippen LogP contribution in [0.2, 0.25) is 0 Å². The minimum atomic E-state index is 0.289. The molecule has 112 valence electrons. The molecular formula is C15H20N4O2. The second kappa shape index (κ2) is 7.01. The van der Waals surface area contributed by atoms with Crippen LogP contribution in [-0.4, -0.2) is 17.1 Å². The lowest BCUT2D eigenvalue weighted by molar-refractivity contribution is 0.177. The van der Waals surface area contributed by atoms with Crippen molar-refractivity contribution < 1.29 is 9.47 Å². The molecule has 0 fully saturated rings. The lowest BCUT2D eigenvalue weighted by atomic mass is 10.0. The van der Waals surface area contributed by atoms with E-state index in [1.807, 2.05) is 24.3 Å². The number of benzene rings is 1. The van der Waals surface area contributed by atoms with Gasteiger partial charge >= 0.3 is 0 Å². The van der Waals surface area contributed by atoms with Crippen LogP contribution in [0.4, 0.5) is 5.82 Å². The van der Waals surface area contributed by atoms with Crippen LogP contribution in [0.1, 0.15) is 31.2 Å². The van der Waals surface area contributed by atoms with E-state index in [-0.39, 0.29) is 6.61 Å². The molecule has 6 heteroatoms. The molecule has 0 bridgehead atoms. The highest BCUT2D eigenvalue weighted by molar-refractivity contribution is 5.42. The Balaban J connectivity index is 2.32. The number of anilines is 1. The summed E-state index contributed by atoms with van der Waals surface area (Å²) in [7, 11) is 1.58. The number of hydrogen-bond donors (Lipinski definition) is 2. The summed E-state index contributed by atoms with van der Waals surface area (Å²) in [4.78, 5) is 8.50. The van der Waals surface area contributed by atoms with Crippen LogP contribution in [0.15, 0.2) is 30.3 Å². The number of aromatic nitrogens is 2. The second-order valence-electron chi connectivity index (χ2n) is 4.88. The number of hydrogen-bond acceptors (Lipinski definition) is 6. The predicted octanol–water partition coefficient (Wildman–Crippen LogP) is 2.82. The summed E-state index contributed by atoms with van der Waals surface area (Å²) in [6, 6.07) is 9.53. The first-order valence-electron chi connectivity index (χ1n) is 6.74. The largest absolute Gasteiger partial charge is 0.439 e. The molecule has 1 aromatic carbocycles. The van der Waals surface area contributed by atoms with E-state index >= 15 is 0 Å². The first-order valence-corrected chi connectivity index (χ1v) is 6.74. The van der Waals surface area contributed by atoms with Gasteiger partial charge in [-0.25, -0.2) is 10.8 Å². The van der Waals surface area contributed by atoms with E-state index < -0.39 is 0 Å². The molecule has 1 aromatic heterocycles. The van der Waals surface area contributed by atoms with Crippen molar-refractivity contribution in [2.24, 2.45) is 5.84 Å². The van der Waals surface area contributed by atoms with E-state index in [0.29, 0.717) is 23.4 Å². The summed E-state index contributed by atoms with van der Waals surface area (Å²) in [5.74, 6) is 7.96. The Kier molecular flexibility index (Phi) is 5.08. The van der Waals surface area contributed by atoms with Crippen LogP contribution in [0, 0.1) is 0 Å². The van der Waals surface area contributed by atoms with Gasteiger partial charge in [0.2, 0.25) is 5.88 Å². The molecule has 2 aromatic rings. The number of para-hydroxylation sites is 1. The quantitative estimate of drug-likeness (QED) is 0.628. The second-order valence-corrected chi connectivity index (χ2v) is 4.88. The maximum atomic E-state index is 5.90. The SMILES string of the molecule is COCc1nc(NN)cc(Oc2ccccc2C(C)C)n1. The molecule has 0 amide bonds. The fourth-order valence-corrected chi connectivity index (χ4v) is 1.96. The zero-order chi connectivity index (χ0) is 15.2. The third-order valence-electron chi connectivity index (χ3n) is 2.93. The number of nitrogens with zero attached hydrogens (tertiary/aromatic N) is 2. The maximum Gasteiger partial charge on any atom is 0.224 e. The Bertz CT molecular complexity index is 602. The van der Waals surface area contributed by atoms with Gasteiger partial charge in [0.05, 0.1) is 0 Å². The van der Waals surface area contributed by atoms with E-state index in [1.54, 1.807) is 13.2 Å². The van der Waals surface area contributed by atoms with Crippen LogP contribution >= 0.6 is 0 Å². The van der Waals surface area contributed by atoms with Crippen molar-refractivity contribution in [1.82, 2.24) is 9.97 Å². The van der Waals surface area contributed by atoms with E-state index in [9.17, 15) is 0 Å². The van der Waals surface area contributed by atoms with Crippen molar-refractivity contribution in [2.45, 2.75) is 26.4 Å². The Labute approximate surface area is 124 Å². The molecular weight excluding hydrogens is 268 g/mol. The normalized spacial score (nSPS) is 10.7. The van der Waals surface area contributed by atoms with Gasteiger partial charge in [-0.05, 0) is 17.5 Å². The minimum Gasteiger partial charge on any atom is -0.439 e. The molecule has 0 aliphatic heterocycles. The molecule has 0 atom stereocenters. The zero-order valence-corrected chi connectivity index (χ0v) is 12.5. The van der Waals surface area contributed by atoms with Gasteiger partial charge in [0.15, 0.2) is 5.82 Å². The molecule has 6 nitrogen and oxygen atoms in total. The molecule has 1 heterocycles. The number of ether oxygens (including phenoxy) is 2. The summed E-state index contributed by atoms with van der Waals surface area (Å²) in [6.07, 6.45) is 0. The van der Waals surface area contributed by atoms with Crippen LogP contribution in [-0.2, 0) is 11.3 Å². The highest BCUT2D eigenvalue weighted by atomic mass is 16.5. The Morgan fingerprint density at radius 2 is 2.00 bits per heavy atom. The van der Waals surface area contributed by atoms with Crippen LogP contribution in [0.3, 0.4) is 0 Å². The predicted molar refractivity (Wildman–Crippen MR) is 81.2 cm³/mol. The third kappa shape index (κ3) is 3.90. The van der Waals surface area contributed by atoms with Gasteiger partial charge < -0.3 is 14.9 Å². The fourth-order valence-electron chi connectivity index (χ4n) is 1.96. The number of nitrogen functional groups attached to an aromatic ring is 1. The summed E-state index contributed by atoms with van der Waals surface area (Å²) in [5, 5.41) is 0. The van der Waals surface area contributed by atoms with Gasteiger partial charge in [-0.2, -0.15) is 4.98 Å². The minimum absolute atomic E-state index is 0.289. The van der Waals surface area contributed by atoms with E-state index in [1.165, 1.54) is 0 Å². The first-order chi connectivity index (χ1) is 10.1. The van der Waals surface area contributed by atoms with Gasteiger partial charge in [0.1, 0.15) is 18.2 Å². The smallest absolute Gasteiger partial charge is 0.224 e. The Morgan fingerprint density at radius 3 is 2.67 bits per heavy atom. The van der Waals surface area contributed by atoms with Crippen molar-refractivity contribution in [3.05, 3.63) is 41.7 Å². The average Bonchev–Trinajstić information content (AvgIpc) is 2.47. The highest BCUT2D eigenvalue weighted by Gasteiger charge is 2.10. The van der Waals surface area contributed by atoms with Crippen LogP contribution in [0.25, 0.3) is 0 Å². The molecule has 0 radical (unpaired) electrons. The number of methoxy groups -OCH3 is 1. The molecule has 0 aliphatic rings. The van der Waals surface area contributed by atoms with Crippen molar-refractivity contribution in [3.8, 4) is 11.6 Å². The highest BCUT2D eigenvalue weighted by Crippen LogP contribution is 2.30. The average molecular weight is 288 g/mol. The van der Waals surface area contributed by atoms with Gasteiger partial charge in [0, 0.05) is 13.2 Å². The fraction of sp³-hybridized carbons (Fsp3) is 0.333. The lowest BCUT2D eigenvalue weighted by Gasteiger charge is -2.14. The zero-order valence-electron chi connectivity index (χ0n) is 12.5. The molecule has 0 saturated heterocycles. The summed E-state index contributed by atoms with van der Waals surface area (Å²) in [5.41, 5.74) is 3.62. The van der Waals surface area contributed by atoms with Crippen molar-refractivity contribution >= 4 is 5.82 Å². The third-order valence-corrected chi connectivity index (χ3v) is 2.93. The van der Waals surface area contributed by atoms with Gasteiger partial charge in [-0.1, -0.05) is 32.0 Å². The standard InChI is InChI=1S/C15H20N4O2/c1-10(2)11-6-4-5-7-12(11)21-15-8-13(19-16)17-14(18-15)9-20-3/h4-8,10H,9,16H2,1-3H3,(H,17,18,19). The first kappa shape index (κ1) is 15.2. The number of hydrazine groups is 1. The molecule has 0 spiro atoms. The monoisotopic (exact) mass is 288 g/mol. The lowest BCUT2D eigenvalue weighted by Crippen LogP contribution is -2.11. The summed E-state index contributed by atoms with van der Waals surface area (Å²) in [6.45, 7) is 4.52. The van der Waals surface area contributed by atoms with Gasteiger partial charge in [-0.3, -0.25) is 0 Å². The Hall–Kier alpha value is -2.18. The molecule has 21 heavy (non-hydrogen) atoms. The van der Waals surface area contributed by atoms with Crippen LogP contribution in [0.5, 0.6) is 11.6 Å². The summed E-state index contributed by atoms with van der Waals surface area (Å²) < 4.78 is 10.9. The summed E-state index contributed by atoms with van der Waals surface area (Å²) >= 11 is 0.